The highest BCUT2D eigenvalue weighted by molar-refractivity contribution is 8.07. The molecule has 1 atom stereocenters. The summed E-state index contributed by atoms with van der Waals surface area (Å²) >= 11 is 8.43. The molecule has 0 N–H and O–H groups in total. The Morgan fingerprint density at radius 1 is 1.78 bits per heavy atom. The van der Waals surface area contributed by atoms with Crippen molar-refractivity contribution in [2.45, 2.75) is 17.4 Å². The standard InChI is InChI=1S/C6H12S3/c1-5(7)2-9-6-3-8-4-6/h5-7H,2-4H2,1H3. The summed E-state index contributed by atoms with van der Waals surface area (Å²) in [4.78, 5) is 0. The van der Waals surface area contributed by atoms with E-state index in [0.717, 1.165) is 5.25 Å². The fraction of sp³-hybridized carbons (Fsp3) is 1.00. The molecule has 0 spiro atoms. The SMILES string of the molecule is CC(S)CSC1CSC1. The monoisotopic (exact) mass is 180 g/mol. The Hall–Kier alpha value is 1.05. The lowest BCUT2D eigenvalue weighted by Crippen LogP contribution is -2.22. The largest absolute Gasteiger partial charge is 0.175 e. The third-order valence-corrected chi connectivity index (χ3v) is 4.81. The van der Waals surface area contributed by atoms with Crippen molar-refractivity contribution >= 4 is 36.2 Å². The third-order valence-electron chi connectivity index (χ3n) is 1.18. The van der Waals surface area contributed by atoms with Crippen LogP contribution >= 0.6 is 36.2 Å². The average Bonchev–Trinajstić information content (AvgIpc) is 1.60. The van der Waals surface area contributed by atoms with Gasteiger partial charge in [-0.2, -0.15) is 36.2 Å². The van der Waals surface area contributed by atoms with E-state index in [1.807, 2.05) is 0 Å². The molecule has 1 fully saturated rings. The maximum absolute atomic E-state index is 4.31. The van der Waals surface area contributed by atoms with Crippen LogP contribution < -0.4 is 0 Å². The van der Waals surface area contributed by atoms with Gasteiger partial charge in [0.1, 0.15) is 0 Å². The molecule has 1 unspecified atom stereocenters. The van der Waals surface area contributed by atoms with E-state index in [2.05, 4.69) is 43.1 Å². The Kier molecular flexibility index (Phi) is 3.66. The minimum atomic E-state index is 0.570. The minimum absolute atomic E-state index is 0.570. The topological polar surface area (TPSA) is 0 Å². The Morgan fingerprint density at radius 3 is 2.78 bits per heavy atom. The average molecular weight is 180 g/mol. The summed E-state index contributed by atoms with van der Waals surface area (Å²) in [5, 5.41) is 1.52. The van der Waals surface area contributed by atoms with Crippen molar-refractivity contribution in [1.29, 1.82) is 0 Å². The normalized spacial score (nSPS) is 23.3. The number of hydrogen-bond acceptors (Lipinski definition) is 3. The lowest BCUT2D eigenvalue weighted by atomic mass is 10.5. The fourth-order valence-electron chi connectivity index (χ4n) is 0.586. The molecule has 0 saturated carbocycles. The van der Waals surface area contributed by atoms with Gasteiger partial charge in [0.15, 0.2) is 0 Å². The molecular formula is C6H12S3. The van der Waals surface area contributed by atoms with Gasteiger partial charge in [-0.1, -0.05) is 6.92 Å². The molecule has 1 saturated heterocycles. The number of hydrogen-bond donors (Lipinski definition) is 1. The fourth-order valence-corrected chi connectivity index (χ4v) is 3.17. The van der Waals surface area contributed by atoms with Crippen molar-refractivity contribution in [2.75, 3.05) is 17.3 Å². The Bertz CT molecular complexity index is 78.4. The first-order valence-corrected chi connectivity index (χ1v) is 5.88. The van der Waals surface area contributed by atoms with E-state index < -0.39 is 0 Å². The summed E-state index contributed by atoms with van der Waals surface area (Å²) in [6.45, 7) is 2.15. The second-order valence-electron chi connectivity index (χ2n) is 2.34. The molecule has 9 heavy (non-hydrogen) atoms. The second-order valence-corrected chi connectivity index (χ2v) is 5.63. The molecule has 0 aromatic rings. The van der Waals surface area contributed by atoms with Crippen LogP contribution in [0, 0.1) is 0 Å². The van der Waals surface area contributed by atoms with Gasteiger partial charge in [0.25, 0.3) is 0 Å². The van der Waals surface area contributed by atoms with Gasteiger partial charge in [-0.05, 0) is 0 Å². The molecule has 1 rings (SSSR count). The molecule has 0 aliphatic carbocycles. The van der Waals surface area contributed by atoms with Crippen LogP contribution in [0.3, 0.4) is 0 Å². The van der Waals surface area contributed by atoms with Crippen LogP contribution in [0.1, 0.15) is 6.92 Å². The van der Waals surface area contributed by atoms with Crippen LogP contribution in [-0.4, -0.2) is 27.8 Å². The molecule has 1 heterocycles. The lowest BCUT2D eigenvalue weighted by molar-refractivity contribution is 1.06. The molecule has 0 aromatic heterocycles. The van der Waals surface area contributed by atoms with Gasteiger partial charge in [0.05, 0.1) is 0 Å². The molecule has 1 aliphatic heterocycles. The predicted molar refractivity (Wildman–Crippen MR) is 52.0 cm³/mol. The van der Waals surface area contributed by atoms with Crippen molar-refractivity contribution in [2.24, 2.45) is 0 Å². The van der Waals surface area contributed by atoms with E-state index in [9.17, 15) is 0 Å². The second kappa shape index (κ2) is 4.04. The summed E-state index contributed by atoms with van der Waals surface area (Å²) < 4.78 is 0. The minimum Gasteiger partial charge on any atom is -0.175 e. The summed E-state index contributed by atoms with van der Waals surface area (Å²) in [6, 6.07) is 0. The third kappa shape index (κ3) is 3.10. The van der Waals surface area contributed by atoms with Crippen molar-refractivity contribution < 1.29 is 0 Å². The van der Waals surface area contributed by atoms with Gasteiger partial charge < -0.3 is 0 Å². The van der Waals surface area contributed by atoms with E-state index in [4.69, 9.17) is 0 Å². The Morgan fingerprint density at radius 2 is 2.44 bits per heavy atom. The van der Waals surface area contributed by atoms with E-state index >= 15 is 0 Å². The van der Waals surface area contributed by atoms with Crippen molar-refractivity contribution in [3.63, 3.8) is 0 Å². The van der Waals surface area contributed by atoms with Gasteiger partial charge in [-0.3, -0.25) is 0 Å². The maximum Gasteiger partial charge on any atom is 0.0229 e. The number of rotatable bonds is 3. The highest BCUT2D eigenvalue weighted by atomic mass is 32.2. The Balaban J connectivity index is 1.91. The first kappa shape index (κ1) is 8.15. The summed E-state index contributed by atoms with van der Waals surface area (Å²) in [6.07, 6.45) is 0. The highest BCUT2D eigenvalue weighted by Gasteiger charge is 2.18. The van der Waals surface area contributed by atoms with Crippen LogP contribution in [0.5, 0.6) is 0 Å². The zero-order chi connectivity index (χ0) is 6.69. The van der Waals surface area contributed by atoms with Crippen LogP contribution in [-0.2, 0) is 0 Å². The quantitative estimate of drug-likeness (QED) is 0.661. The molecule has 1 aliphatic rings. The van der Waals surface area contributed by atoms with Crippen LogP contribution in [0.2, 0.25) is 0 Å². The van der Waals surface area contributed by atoms with E-state index in [1.165, 1.54) is 17.3 Å². The van der Waals surface area contributed by atoms with E-state index in [-0.39, 0.29) is 0 Å². The molecule has 0 amide bonds. The molecule has 0 nitrogen and oxygen atoms in total. The highest BCUT2D eigenvalue weighted by Crippen LogP contribution is 2.29. The van der Waals surface area contributed by atoms with Crippen molar-refractivity contribution in [3.8, 4) is 0 Å². The van der Waals surface area contributed by atoms with Crippen LogP contribution in [0.15, 0.2) is 0 Å². The zero-order valence-electron chi connectivity index (χ0n) is 5.54. The molecule has 0 radical (unpaired) electrons. The van der Waals surface area contributed by atoms with Crippen LogP contribution in [0.4, 0.5) is 0 Å². The molecule has 3 heteroatoms. The van der Waals surface area contributed by atoms with Crippen molar-refractivity contribution in [1.82, 2.24) is 0 Å². The van der Waals surface area contributed by atoms with Gasteiger partial charge in [-0.25, -0.2) is 0 Å². The summed E-state index contributed by atoms with van der Waals surface area (Å²) in [5.74, 6) is 3.95. The van der Waals surface area contributed by atoms with Crippen LogP contribution in [0.25, 0.3) is 0 Å². The van der Waals surface area contributed by atoms with E-state index in [1.54, 1.807) is 0 Å². The molecular weight excluding hydrogens is 168 g/mol. The smallest absolute Gasteiger partial charge is 0.0229 e. The van der Waals surface area contributed by atoms with Gasteiger partial charge in [0, 0.05) is 27.8 Å². The Labute approximate surface area is 71.0 Å². The molecule has 54 valence electrons. The lowest BCUT2D eigenvalue weighted by Gasteiger charge is -2.24. The zero-order valence-corrected chi connectivity index (χ0v) is 8.07. The van der Waals surface area contributed by atoms with Gasteiger partial charge in [-0.15, -0.1) is 0 Å². The first-order valence-electron chi connectivity index (χ1n) is 3.16. The number of thiol groups is 1. The summed E-state index contributed by atoms with van der Waals surface area (Å²) in [5.41, 5.74) is 0. The number of thioether (sulfide) groups is 2. The maximum atomic E-state index is 4.31. The van der Waals surface area contributed by atoms with E-state index in [0.29, 0.717) is 5.25 Å². The summed E-state index contributed by atoms with van der Waals surface area (Å²) in [7, 11) is 0. The predicted octanol–water partition coefficient (Wildman–Crippen LogP) is 2.15. The molecule has 0 aromatic carbocycles. The van der Waals surface area contributed by atoms with Gasteiger partial charge in [0.2, 0.25) is 0 Å². The van der Waals surface area contributed by atoms with Crippen molar-refractivity contribution in [3.05, 3.63) is 0 Å². The molecule has 0 bridgehead atoms. The van der Waals surface area contributed by atoms with Gasteiger partial charge >= 0.3 is 0 Å². The first-order chi connectivity index (χ1) is 4.29.